The molecule has 0 bridgehead atoms. The summed E-state index contributed by atoms with van der Waals surface area (Å²) in [4.78, 5) is 48.3. The average molecular weight is 495 g/mol. The number of hydrogen-bond donors (Lipinski definition) is 3. The van der Waals surface area contributed by atoms with E-state index >= 15 is 0 Å². The number of carboxylic acids is 1. The highest BCUT2D eigenvalue weighted by atomic mass is 16.5. The van der Waals surface area contributed by atoms with Gasteiger partial charge in [-0.15, -0.1) is 0 Å². The van der Waals surface area contributed by atoms with Gasteiger partial charge >= 0.3 is 11.6 Å². The number of amides is 2. The molecule has 0 unspecified atom stereocenters. The van der Waals surface area contributed by atoms with E-state index < -0.39 is 29.5 Å². The molecule has 9 heteroatoms. The van der Waals surface area contributed by atoms with Crippen molar-refractivity contribution >= 4 is 28.8 Å². The van der Waals surface area contributed by atoms with Crippen molar-refractivity contribution in [3.63, 3.8) is 0 Å². The van der Waals surface area contributed by atoms with E-state index in [0.29, 0.717) is 34.3 Å². The van der Waals surface area contributed by atoms with E-state index in [1.807, 2.05) is 44.2 Å². The van der Waals surface area contributed by atoms with Crippen LogP contribution in [0, 0.1) is 19.8 Å². The lowest BCUT2D eigenvalue weighted by atomic mass is 9.98. The van der Waals surface area contributed by atoms with Gasteiger partial charge in [-0.3, -0.25) is 9.59 Å². The van der Waals surface area contributed by atoms with Crippen molar-refractivity contribution in [1.82, 2.24) is 10.6 Å². The van der Waals surface area contributed by atoms with Gasteiger partial charge in [0.1, 0.15) is 17.4 Å². The Balaban J connectivity index is 1.74. The van der Waals surface area contributed by atoms with Crippen LogP contribution in [0.3, 0.4) is 0 Å². The Bertz CT molecular complexity index is 1330. The van der Waals surface area contributed by atoms with Crippen LogP contribution in [0.1, 0.15) is 36.1 Å². The monoisotopic (exact) mass is 494 g/mol. The highest BCUT2D eigenvalue weighted by Crippen LogP contribution is 2.31. The van der Waals surface area contributed by atoms with Crippen molar-refractivity contribution in [2.24, 2.45) is 5.92 Å². The second-order valence-corrected chi connectivity index (χ2v) is 8.98. The molecule has 0 aliphatic rings. The molecule has 190 valence electrons. The molecule has 2 aromatic carbocycles. The van der Waals surface area contributed by atoms with Crippen LogP contribution >= 0.6 is 0 Å². The smallest absolute Gasteiger partial charge is 0.340 e. The van der Waals surface area contributed by atoms with Crippen molar-refractivity contribution < 1.29 is 28.6 Å². The highest BCUT2D eigenvalue weighted by Gasteiger charge is 2.23. The van der Waals surface area contributed by atoms with E-state index in [-0.39, 0.29) is 19.1 Å². The maximum Gasteiger partial charge on any atom is 0.340 e. The van der Waals surface area contributed by atoms with Crippen LogP contribution in [-0.2, 0) is 20.8 Å². The lowest BCUT2D eigenvalue weighted by molar-refractivity contribution is -0.143. The second kappa shape index (κ2) is 11.5. The standard InChI is InChI=1S/C27H30N2O7/c1-15(2)25(26(32)33)29-22(30)13-28-23(31)14-35-20-10-16(3)11-21-24(20)17(4)19(27(34)36-21)12-18-8-6-5-7-9-18/h5-11,15,25H,12-14H2,1-4H3,(H,28,31)(H,29,30)(H,32,33)/t25-/m0/s1. The predicted molar refractivity (Wildman–Crippen MR) is 134 cm³/mol. The van der Waals surface area contributed by atoms with Crippen molar-refractivity contribution in [2.75, 3.05) is 13.2 Å². The van der Waals surface area contributed by atoms with Crippen LogP contribution in [0.25, 0.3) is 11.0 Å². The van der Waals surface area contributed by atoms with Gasteiger partial charge in [0.2, 0.25) is 5.91 Å². The molecule has 0 saturated heterocycles. The van der Waals surface area contributed by atoms with E-state index in [4.69, 9.17) is 9.15 Å². The molecule has 9 nitrogen and oxygen atoms in total. The Labute approximate surface area is 208 Å². The summed E-state index contributed by atoms with van der Waals surface area (Å²) in [6, 6.07) is 12.0. The zero-order valence-corrected chi connectivity index (χ0v) is 20.7. The third-order valence-corrected chi connectivity index (χ3v) is 5.76. The number of hydrogen-bond acceptors (Lipinski definition) is 6. The van der Waals surface area contributed by atoms with Crippen molar-refractivity contribution in [3.8, 4) is 5.75 Å². The lowest BCUT2D eigenvalue weighted by Crippen LogP contribution is -2.48. The first-order chi connectivity index (χ1) is 17.1. The van der Waals surface area contributed by atoms with Gasteiger partial charge in [0.05, 0.1) is 11.9 Å². The van der Waals surface area contributed by atoms with E-state index in [0.717, 1.165) is 11.1 Å². The number of benzene rings is 2. The third kappa shape index (κ3) is 6.50. The van der Waals surface area contributed by atoms with Crippen LogP contribution in [-0.4, -0.2) is 42.1 Å². The molecular weight excluding hydrogens is 464 g/mol. The summed E-state index contributed by atoms with van der Waals surface area (Å²) in [7, 11) is 0. The largest absolute Gasteiger partial charge is 0.483 e. The topological polar surface area (TPSA) is 135 Å². The Hall–Kier alpha value is -4.14. The molecule has 36 heavy (non-hydrogen) atoms. The molecule has 3 rings (SSSR count). The SMILES string of the molecule is Cc1cc(OCC(=O)NCC(=O)N[C@H](C(=O)O)C(C)C)c2c(C)c(Cc3ccccc3)c(=O)oc2c1. The van der Waals surface area contributed by atoms with Crippen LogP contribution in [0.2, 0.25) is 0 Å². The van der Waals surface area contributed by atoms with Crippen LogP contribution in [0.5, 0.6) is 5.75 Å². The van der Waals surface area contributed by atoms with E-state index in [2.05, 4.69) is 10.6 Å². The summed E-state index contributed by atoms with van der Waals surface area (Å²) in [6.07, 6.45) is 0.390. The van der Waals surface area contributed by atoms with Gasteiger partial charge in [0, 0.05) is 12.0 Å². The summed E-state index contributed by atoms with van der Waals surface area (Å²) in [6.45, 7) is 6.21. The number of carbonyl (C=O) groups excluding carboxylic acids is 2. The summed E-state index contributed by atoms with van der Waals surface area (Å²) >= 11 is 0. The molecule has 0 aliphatic carbocycles. The van der Waals surface area contributed by atoms with Gasteiger partial charge in [0.15, 0.2) is 6.61 Å². The van der Waals surface area contributed by atoms with E-state index in [1.165, 1.54) is 0 Å². The summed E-state index contributed by atoms with van der Waals surface area (Å²) in [5.41, 5.74) is 2.88. The summed E-state index contributed by atoms with van der Waals surface area (Å²) < 4.78 is 11.4. The number of rotatable bonds is 10. The lowest BCUT2D eigenvalue weighted by Gasteiger charge is -2.18. The maximum atomic E-state index is 12.7. The van der Waals surface area contributed by atoms with Crippen molar-refractivity contribution in [3.05, 3.63) is 75.1 Å². The first-order valence-electron chi connectivity index (χ1n) is 11.6. The van der Waals surface area contributed by atoms with Gasteiger partial charge in [-0.2, -0.15) is 0 Å². The maximum absolute atomic E-state index is 12.7. The van der Waals surface area contributed by atoms with Gasteiger partial charge < -0.3 is 24.9 Å². The van der Waals surface area contributed by atoms with Crippen LogP contribution in [0.15, 0.2) is 51.7 Å². The fourth-order valence-electron chi connectivity index (χ4n) is 3.87. The number of aliphatic carboxylic acids is 1. The predicted octanol–water partition coefficient (Wildman–Crippen LogP) is 2.72. The molecular formula is C27H30N2O7. The molecule has 3 N–H and O–H groups in total. The minimum Gasteiger partial charge on any atom is -0.483 e. The third-order valence-electron chi connectivity index (χ3n) is 5.76. The normalized spacial score (nSPS) is 11.8. The number of carbonyl (C=O) groups is 3. The molecule has 0 saturated carbocycles. The van der Waals surface area contributed by atoms with Crippen LogP contribution < -0.4 is 21.0 Å². The minimum atomic E-state index is -1.15. The fourth-order valence-corrected chi connectivity index (χ4v) is 3.87. The molecule has 1 atom stereocenters. The average Bonchev–Trinajstić information content (AvgIpc) is 2.82. The number of fused-ring (bicyclic) bond motifs is 1. The quantitative estimate of drug-likeness (QED) is 0.369. The molecule has 2 amide bonds. The molecule has 0 radical (unpaired) electrons. The first kappa shape index (κ1) is 26.5. The zero-order chi connectivity index (χ0) is 26.4. The summed E-state index contributed by atoms with van der Waals surface area (Å²) in [5, 5.41) is 14.6. The van der Waals surface area contributed by atoms with Crippen LogP contribution in [0.4, 0.5) is 0 Å². The first-order valence-corrected chi connectivity index (χ1v) is 11.6. The summed E-state index contributed by atoms with van der Waals surface area (Å²) in [5.74, 6) is -2.25. The Morgan fingerprint density at radius 3 is 2.39 bits per heavy atom. The van der Waals surface area contributed by atoms with Gasteiger partial charge in [-0.1, -0.05) is 44.2 Å². The number of aryl methyl sites for hydroxylation is 2. The van der Waals surface area contributed by atoms with Gasteiger partial charge in [-0.25, -0.2) is 9.59 Å². The number of ether oxygens (including phenoxy) is 1. The molecule has 1 aromatic heterocycles. The molecule has 0 fully saturated rings. The van der Waals surface area contributed by atoms with E-state index in [9.17, 15) is 24.3 Å². The number of carboxylic acid groups (broad SMARTS) is 1. The second-order valence-electron chi connectivity index (χ2n) is 8.98. The van der Waals surface area contributed by atoms with E-state index in [1.54, 1.807) is 26.0 Å². The number of nitrogens with one attached hydrogen (secondary N) is 2. The van der Waals surface area contributed by atoms with Gasteiger partial charge in [0.25, 0.3) is 5.91 Å². The molecule has 1 heterocycles. The Morgan fingerprint density at radius 1 is 1.06 bits per heavy atom. The van der Waals surface area contributed by atoms with Crippen molar-refractivity contribution in [2.45, 2.75) is 40.2 Å². The minimum absolute atomic E-state index is 0.310. The van der Waals surface area contributed by atoms with Gasteiger partial charge in [-0.05, 0) is 48.6 Å². The Morgan fingerprint density at radius 2 is 1.75 bits per heavy atom. The molecule has 0 aliphatic heterocycles. The van der Waals surface area contributed by atoms with Crippen molar-refractivity contribution in [1.29, 1.82) is 0 Å². The molecule has 3 aromatic rings. The zero-order valence-electron chi connectivity index (χ0n) is 20.7. The molecule has 0 spiro atoms. The highest BCUT2D eigenvalue weighted by molar-refractivity contribution is 5.90. The Kier molecular flexibility index (Phi) is 8.47. The fraction of sp³-hybridized carbons (Fsp3) is 0.333.